The highest BCUT2D eigenvalue weighted by Gasteiger charge is 2.20. The summed E-state index contributed by atoms with van der Waals surface area (Å²) in [6, 6.07) is 7.86. The molecule has 0 N–H and O–H groups in total. The molecule has 3 rings (SSSR count). The number of hydrogen-bond donors (Lipinski definition) is 0. The van der Waals surface area contributed by atoms with E-state index in [0.717, 1.165) is 30.6 Å². The molecule has 1 aromatic carbocycles. The lowest BCUT2D eigenvalue weighted by Crippen LogP contribution is -2.49. The van der Waals surface area contributed by atoms with Crippen LogP contribution in [0.1, 0.15) is 6.42 Å². The first-order chi connectivity index (χ1) is 13.9. The van der Waals surface area contributed by atoms with E-state index in [-0.39, 0.29) is 22.7 Å². The molecule has 2 aromatic rings. The summed E-state index contributed by atoms with van der Waals surface area (Å²) in [5.74, 6) is 0.923. The molecule has 156 valence electrons. The van der Waals surface area contributed by atoms with Crippen LogP contribution in [0.25, 0.3) is 0 Å². The zero-order valence-electron chi connectivity index (χ0n) is 16.6. The van der Waals surface area contributed by atoms with Crippen LogP contribution in [0.4, 0.5) is 11.5 Å². The minimum absolute atomic E-state index is 0.0271. The topological polar surface area (TPSA) is 103 Å². The summed E-state index contributed by atoms with van der Waals surface area (Å²) in [7, 11) is 3.14. The molecule has 0 aliphatic carbocycles. The molecule has 0 spiro atoms. The van der Waals surface area contributed by atoms with Gasteiger partial charge in [-0.1, -0.05) is 12.1 Å². The molecular formula is C19H25N5O5. The first-order valence-corrected chi connectivity index (χ1v) is 9.49. The van der Waals surface area contributed by atoms with Crippen LogP contribution in [0.15, 0.2) is 39.9 Å². The molecule has 0 saturated carbocycles. The predicted molar refractivity (Wildman–Crippen MR) is 109 cm³/mol. The van der Waals surface area contributed by atoms with Gasteiger partial charge in [-0.25, -0.2) is 4.79 Å². The summed E-state index contributed by atoms with van der Waals surface area (Å²) in [5, 5.41) is 11.0. The second-order valence-corrected chi connectivity index (χ2v) is 7.00. The number of nitro groups is 1. The molecule has 0 unspecified atom stereocenters. The van der Waals surface area contributed by atoms with E-state index in [4.69, 9.17) is 4.74 Å². The molecule has 10 nitrogen and oxygen atoms in total. The maximum absolute atomic E-state index is 12.1. The molecular weight excluding hydrogens is 378 g/mol. The number of nitrogens with zero attached hydrogens (tertiary/aromatic N) is 5. The SMILES string of the molecule is Cn1c(N2CCN(CCCOc3ccccc3[N+](=O)[O-])CC2)cc(=O)n(C)c1=O. The van der Waals surface area contributed by atoms with Gasteiger partial charge in [-0.05, 0) is 12.5 Å². The predicted octanol–water partition coefficient (Wildman–Crippen LogP) is 0.583. The third-order valence-corrected chi connectivity index (χ3v) is 5.14. The van der Waals surface area contributed by atoms with E-state index < -0.39 is 4.92 Å². The minimum atomic E-state index is -0.446. The molecule has 0 radical (unpaired) electrons. The van der Waals surface area contributed by atoms with Crippen molar-refractivity contribution in [2.45, 2.75) is 6.42 Å². The number of aromatic nitrogens is 2. The largest absolute Gasteiger partial charge is 0.487 e. The number of anilines is 1. The zero-order chi connectivity index (χ0) is 21.0. The lowest BCUT2D eigenvalue weighted by atomic mass is 10.3. The molecule has 0 atom stereocenters. The normalized spacial score (nSPS) is 14.8. The van der Waals surface area contributed by atoms with Crippen LogP contribution < -0.4 is 20.9 Å². The van der Waals surface area contributed by atoms with Gasteiger partial charge in [0.05, 0.1) is 11.5 Å². The molecule has 29 heavy (non-hydrogen) atoms. The van der Waals surface area contributed by atoms with Gasteiger partial charge in [-0.3, -0.25) is 28.9 Å². The van der Waals surface area contributed by atoms with Gasteiger partial charge in [0.15, 0.2) is 5.75 Å². The van der Waals surface area contributed by atoms with Crippen molar-refractivity contribution in [2.24, 2.45) is 14.1 Å². The molecule has 2 heterocycles. The quantitative estimate of drug-likeness (QED) is 0.379. The Bertz CT molecular complexity index is 991. The molecule has 1 aliphatic rings. The van der Waals surface area contributed by atoms with Gasteiger partial charge < -0.3 is 9.64 Å². The molecule has 10 heteroatoms. The summed E-state index contributed by atoms with van der Waals surface area (Å²) in [6.07, 6.45) is 0.746. The highest BCUT2D eigenvalue weighted by Crippen LogP contribution is 2.25. The Balaban J connectivity index is 1.48. The van der Waals surface area contributed by atoms with Gasteiger partial charge in [-0.2, -0.15) is 0 Å². The highest BCUT2D eigenvalue weighted by molar-refractivity contribution is 5.45. The van der Waals surface area contributed by atoms with Crippen molar-refractivity contribution in [3.05, 3.63) is 61.3 Å². The molecule has 1 fully saturated rings. The maximum Gasteiger partial charge on any atom is 0.332 e. The number of rotatable bonds is 7. The van der Waals surface area contributed by atoms with Crippen molar-refractivity contribution in [3.8, 4) is 5.75 Å². The van der Waals surface area contributed by atoms with E-state index in [9.17, 15) is 19.7 Å². The number of benzene rings is 1. The number of piperazine rings is 1. The van der Waals surface area contributed by atoms with Gasteiger partial charge in [0, 0.05) is 59.0 Å². The van der Waals surface area contributed by atoms with Crippen LogP contribution >= 0.6 is 0 Å². The van der Waals surface area contributed by atoms with E-state index >= 15 is 0 Å². The minimum Gasteiger partial charge on any atom is -0.487 e. The first kappa shape index (κ1) is 20.6. The summed E-state index contributed by atoms with van der Waals surface area (Å²) < 4.78 is 8.17. The van der Waals surface area contributed by atoms with Crippen molar-refractivity contribution in [1.82, 2.24) is 14.0 Å². The molecule has 0 amide bonds. The van der Waals surface area contributed by atoms with Crippen LogP contribution in [0.2, 0.25) is 0 Å². The number of nitro benzene ring substituents is 1. The van der Waals surface area contributed by atoms with Crippen LogP contribution in [-0.4, -0.2) is 58.3 Å². The fourth-order valence-electron chi connectivity index (χ4n) is 3.43. The number of hydrogen-bond acceptors (Lipinski definition) is 7. The summed E-state index contributed by atoms with van der Waals surface area (Å²) in [4.78, 5) is 38.9. The molecule has 1 aromatic heterocycles. The Labute approximate surface area is 167 Å². The second kappa shape index (κ2) is 8.91. The van der Waals surface area contributed by atoms with Crippen LogP contribution in [-0.2, 0) is 14.1 Å². The third-order valence-electron chi connectivity index (χ3n) is 5.14. The number of para-hydroxylation sites is 2. The first-order valence-electron chi connectivity index (χ1n) is 9.49. The van der Waals surface area contributed by atoms with E-state index in [1.807, 2.05) is 4.90 Å². The Morgan fingerprint density at radius 1 is 1.07 bits per heavy atom. The molecule has 0 bridgehead atoms. The van der Waals surface area contributed by atoms with Gasteiger partial charge in [-0.15, -0.1) is 0 Å². The Kier molecular flexibility index (Phi) is 6.32. The van der Waals surface area contributed by atoms with E-state index in [0.29, 0.717) is 25.5 Å². The Hall–Kier alpha value is -3.14. The smallest absolute Gasteiger partial charge is 0.332 e. The van der Waals surface area contributed by atoms with Gasteiger partial charge in [0.25, 0.3) is 5.56 Å². The summed E-state index contributed by atoms with van der Waals surface area (Å²) in [6.45, 7) is 4.24. The lowest BCUT2D eigenvalue weighted by molar-refractivity contribution is -0.385. The van der Waals surface area contributed by atoms with Crippen molar-refractivity contribution >= 4 is 11.5 Å². The highest BCUT2D eigenvalue weighted by atomic mass is 16.6. The fourth-order valence-corrected chi connectivity index (χ4v) is 3.43. The summed E-state index contributed by atoms with van der Waals surface area (Å²) >= 11 is 0. The molecule has 1 saturated heterocycles. The van der Waals surface area contributed by atoms with E-state index in [1.54, 1.807) is 25.2 Å². The van der Waals surface area contributed by atoms with E-state index in [2.05, 4.69) is 4.90 Å². The van der Waals surface area contributed by atoms with Crippen LogP contribution in [0.5, 0.6) is 5.75 Å². The Morgan fingerprint density at radius 2 is 1.76 bits per heavy atom. The van der Waals surface area contributed by atoms with Gasteiger partial charge in [0.2, 0.25) is 0 Å². The van der Waals surface area contributed by atoms with Gasteiger partial charge in [0.1, 0.15) is 5.82 Å². The van der Waals surface area contributed by atoms with Gasteiger partial charge >= 0.3 is 11.4 Å². The fraction of sp³-hybridized carbons (Fsp3) is 0.474. The van der Waals surface area contributed by atoms with E-state index in [1.165, 1.54) is 23.7 Å². The maximum atomic E-state index is 12.1. The van der Waals surface area contributed by atoms with Crippen molar-refractivity contribution < 1.29 is 9.66 Å². The van der Waals surface area contributed by atoms with Crippen molar-refractivity contribution in [3.63, 3.8) is 0 Å². The monoisotopic (exact) mass is 403 g/mol. The van der Waals surface area contributed by atoms with Crippen LogP contribution in [0, 0.1) is 10.1 Å². The third kappa shape index (κ3) is 4.65. The van der Waals surface area contributed by atoms with Crippen molar-refractivity contribution in [2.75, 3.05) is 44.2 Å². The summed E-state index contributed by atoms with van der Waals surface area (Å²) in [5.41, 5.74) is -0.666. The molecule has 1 aliphatic heterocycles. The van der Waals surface area contributed by atoms with Crippen LogP contribution in [0.3, 0.4) is 0 Å². The second-order valence-electron chi connectivity index (χ2n) is 7.00. The lowest BCUT2D eigenvalue weighted by Gasteiger charge is -2.36. The Morgan fingerprint density at radius 3 is 2.45 bits per heavy atom. The standard InChI is InChI=1S/C19H25N5O5/c1-20-17(14-18(25)21(2)19(20)26)23-11-9-22(10-12-23)8-5-13-29-16-7-4-3-6-15(16)24(27)28/h3-4,6-7,14H,5,8-13H2,1-2H3. The average molecular weight is 403 g/mol. The zero-order valence-corrected chi connectivity index (χ0v) is 16.6. The van der Waals surface area contributed by atoms with Crippen molar-refractivity contribution in [1.29, 1.82) is 0 Å². The average Bonchev–Trinajstić information content (AvgIpc) is 2.73. The number of ether oxygens (including phenoxy) is 1.